The zero-order chi connectivity index (χ0) is 49.4. The van der Waals surface area contributed by atoms with Crippen LogP contribution in [0.2, 0.25) is 0 Å². The van der Waals surface area contributed by atoms with Crippen LogP contribution in [-0.4, -0.2) is 8.07 Å². The van der Waals surface area contributed by atoms with E-state index in [0.717, 1.165) is 0 Å². The fourth-order valence-electron chi connectivity index (χ4n) is 13.1. The van der Waals surface area contributed by atoms with Gasteiger partial charge in [-0.2, -0.15) is 0 Å². The molecule has 0 atom stereocenters. The molecule has 1 aliphatic carbocycles. The number of hydrogen-bond acceptors (Lipinski definition) is 0. The largest absolute Gasteiger partial charge is 0.179 e. The van der Waals surface area contributed by atoms with Crippen LogP contribution in [0.25, 0.3) is 98.7 Å². The van der Waals surface area contributed by atoms with E-state index in [0.29, 0.717) is 0 Å². The van der Waals surface area contributed by atoms with Gasteiger partial charge in [-0.3, -0.25) is 0 Å². The Labute approximate surface area is 434 Å². The minimum Gasteiger partial charge on any atom is -0.0623 e. The summed E-state index contributed by atoms with van der Waals surface area (Å²) in [5, 5.41) is 15.7. The van der Waals surface area contributed by atoms with Crippen molar-refractivity contribution in [2.75, 3.05) is 0 Å². The van der Waals surface area contributed by atoms with Crippen molar-refractivity contribution in [1.82, 2.24) is 0 Å². The lowest BCUT2D eigenvalue weighted by molar-refractivity contribution is 0.661. The fraction of sp³-hybridized carbons (Fsp3) is 0.0411. The second kappa shape index (κ2) is 17.4. The van der Waals surface area contributed by atoms with Gasteiger partial charge in [-0.15, -0.1) is 0 Å². The van der Waals surface area contributed by atoms with Gasteiger partial charge in [-0.05, 0) is 137 Å². The number of hydrogen-bond donors (Lipinski definition) is 0. The lowest BCUT2D eigenvalue weighted by atomic mass is 9.80. The van der Waals surface area contributed by atoms with Crippen LogP contribution < -0.4 is 20.7 Å². The Kier molecular flexibility index (Phi) is 10.3. The van der Waals surface area contributed by atoms with Crippen LogP contribution in [0.1, 0.15) is 25.0 Å². The Balaban J connectivity index is 0.900. The van der Waals surface area contributed by atoms with Crippen molar-refractivity contribution < 1.29 is 0 Å². The summed E-state index contributed by atoms with van der Waals surface area (Å²) in [7, 11) is -2.72. The average Bonchev–Trinajstić information content (AvgIpc) is 3.70. The highest BCUT2D eigenvalue weighted by atomic mass is 28.3. The van der Waals surface area contributed by atoms with E-state index in [1.54, 1.807) is 0 Å². The molecule has 0 fully saturated rings. The number of fused-ring (bicyclic) bond motifs is 7. The zero-order valence-electron chi connectivity index (χ0n) is 41.6. The molecule has 0 saturated heterocycles. The van der Waals surface area contributed by atoms with Gasteiger partial charge in [0, 0.05) is 5.41 Å². The summed E-state index contributed by atoms with van der Waals surface area (Å²) in [6.07, 6.45) is 0. The summed E-state index contributed by atoms with van der Waals surface area (Å²) in [5.41, 5.74) is 15.2. The van der Waals surface area contributed by atoms with Crippen molar-refractivity contribution in [3.8, 4) is 55.6 Å². The maximum Gasteiger partial charge on any atom is 0.179 e. The molecule has 0 N–H and O–H groups in total. The van der Waals surface area contributed by atoms with Crippen LogP contribution in [0.4, 0.5) is 0 Å². The molecule has 0 radical (unpaired) electrons. The van der Waals surface area contributed by atoms with Gasteiger partial charge in [0.15, 0.2) is 8.07 Å². The van der Waals surface area contributed by atoms with E-state index >= 15 is 0 Å². The van der Waals surface area contributed by atoms with E-state index in [1.165, 1.54) is 131 Å². The van der Waals surface area contributed by atoms with Gasteiger partial charge in [-0.1, -0.05) is 287 Å². The van der Waals surface area contributed by atoms with Crippen LogP contribution in [-0.2, 0) is 5.41 Å². The molecule has 13 aromatic carbocycles. The molecule has 0 spiro atoms. The minimum absolute atomic E-state index is 0.243. The molecular weight excluding hydrogens is 905 g/mol. The van der Waals surface area contributed by atoms with Gasteiger partial charge in [0.2, 0.25) is 0 Å². The van der Waals surface area contributed by atoms with Gasteiger partial charge in [0.1, 0.15) is 0 Å². The third-order valence-corrected chi connectivity index (χ3v) is 21.2. The Bertz CT molecular complexity index is 4080. The van der Waals surface area contributed by atoms with Crippen LogP contribution in [0.5, 0.6) is 0 Å². The second-order valence-corrected chi connectivity index (χ2v) is 24.4. The quantitative estimate of drug-likeness (QED) is 0.0809. The summed E-state index contributed by atoms with van der Waals surface area (Å²) >= 11 is 0. The molecular formula is C73H52Si. The third-order valence-electron chi connectivity index (χ3n) is 16.4. The van der Waals surface area contributed by atoms with Gasteiger partial charge < -0.3 is 0 Å². The van der Waals surface area contributed by atoms with Crippen LogP contribution >= 0.6 is 0 Å². The Morgan fingerprint density at radius 3 is 0.865 bits per heavy atom. The predicted octanol–water partition coefficient (Wildman–Crippen LogP) is 16.7. The van der Waals surface area contributed by atoms with Gasteiger partial charge >= 0.3 is 0 Å². The lowest BCUT2D eigenvalue weighted by Gasteiger charge is -2.35. The fourth-order valence-corrected chi connectivity index (χ4v) is 17.9. The number of benzene rings is 13. The predicted molar refractivity (Wildman–Crippen MR) is 319 cm³/mol. The first-order chi connectivity index (χ1) is 36.5. The zero-order valence-corrected chi connectivity index (χ0v) is 42.6. The first-order valence-corrected chi connectivity index (χ1v) is 28.0. The van der Waals surface area contributed by atoms with Crippen molar-refractivity contribution in [3.05, 3.63) is 290 Å². The normalized spacial score (nSPS) is 12.8. The minimum atomic E-state index is -2.72. The standard InChI is InChI=1S/C73H52Si/c1-73(2)67-47-52(43-45-57(67)58-46-44-56(48-68(58)73)74(53-25-9-4-10-26-53,54-27-11-5-12-28-54)55-29-13-6-14-30-55)72-65-37-21-19-35-63(65)71(64-36-20-22-38-66(64)72)51-41-39-50(40-42-51)70-61-33-17-15-31-59(61)69(49-23-7-3-8-24-49)60-32-16-18-34-62(60)70/h3-48H,1-2H3. The monoisotopic (exact) mass is 956 g/mol. The van der Waals surface area contributed by atoms with Crippen molar-refractivity contribution in [3.63, 3.8) is 0 Å². The highest BCUT2D eigenvalue weighted by Crippen LogP contribution is 2.52. The topological polar surface area (TPSA) is 0 Å². The summed E-state index contributed by atoms with van der Waals surface area (Å²) in [6.45, 7) is 4.88. The summed E-state index contributed by atoms with van der Waals surface area (Å²) in [4.78, 5) is 0. The molecule has 348 valence electrons. The summed E-state index contributed by atoms with van der Waals surface area (Å²) < 4.78 is 0. The molecule has 0 aliphatic heterocycles. The first kappa shape index (κ1) is 43.9. The van der Waals surface area contributed by atoms with E-state index in [2.05, 4.69) is 293 Å². The Morgan fingerprint density at radius 1 is 0.230 bits per heavy atom. The van der Waals surface area contributed by atoms with E-state index in [4.69, 9.17) is 0 Å². The molecule has 0 unspecified atom stereocenters. The van der Waals surface area contributed by atoms with E-state index in [-0.39, 0.29) is 5.41 Å². The maximum absolute atomic E-state index is 2.72. The van der Waals surface area contributed by atoms with Crippen LogP contribution in [0.15, 0.2) is 279 Å². The van der Waals surface area contributed by atoms with E-state index in [9.17, 15) is 0 Å². The number of rotatable bonds is 8. The van der Waals surface area contributed by atoms with Crippen molar-refractivity contribution in [2.45, 2.75) is 19.3 Å². The third kappa shape index (κ3) is 6.67. The Morgan fingerprint density at radius 2 is 0.500 bits per heavy atom. The first-order valence-electron chi connectivity index (χ1n) is 26.0. The molecule has 14 rings (SSSR count). The molecule has 74 heavy (non-hydrogen) atoms. The smallest absolute Gasteiger partial charge is 0.0623 e. The average molecular weight is 957 g/mol. The van der Waals surface area contributed by atoms with Crippen LogP contribution in [0.3, 0.4) is 0 Å². The molecule has 0 heterocycles. The highest BCUT2D eigenvalue weighted by Gasteiger charge is 2.44. The van der Waals surface area contributed by atoms with Crippen LogP contribution in [0, 0.1) is 0 Å². The molecule has 0 bridgehead atoms. The Hall–Kier alpha value is -8.88. The molecule has 13 aromatic rings. The molecule has 0 nitrogen and oxygen atoms in total. The molecule has 0 aromatic heterocycles. The van der Waals surface area contributed by atoms with Gasteiger partial charge in [0.05, 0.1) is 0 Å². The summed E-state index contributed by atoms with van der Waals surface area (Å²) in [5.74, 6) is 0. The summed E-state index contributed by atoms with van der Waals surface area (Å²) in [6, 6.07) is 105. The van der Waals surface area contributed by atoms with Gasteiger partial charge in [0.25, 0.3) is 0 Å². The van der Waals surface area contributed by atoms with Crippen molar-refractivity contribution in [2.24, 2.45) is 0 Å². The second-order valence-electron chi connectivity index (χ2n) is 20.6. The van der Waals surface area contributed by atoms with Crippen molar-refractivity contribution in [1.29, 1.82) is 0 Å². The van der Waals surface area contributed by atoms with E-state index in [1.807, 2.05) is 0 Å². The maximum atomic E-state index is 2.59. The molecule has 1 aliphatic rings. The van der Waals surface area contributed by atoms with E-state index < -0.39 is 8.07 Å². The lowest BCUT2D eigenvalue weighted by Crippen LogP contribution is -2.74. The SMILES string of the molecule is CC1(C)c2cc(-c3c4ccccc4c(-c4ccc(-c5c6ccccc6c(-c6ccccc6)c6ccccc56)cc4)c4ccccc34)ccc2-c2ccc([Si](c3ccccc3)(c3ccccc3)c3ccccc3)cc21. The van der Waals surface area contributed by atoms with Crippen molar-refractivity contribution >= 4 is 71.9 Å². The molecule has 1 heteroatoms. The highest BCUT2D eigenvalue weighted by molar-refractivity contribution is 7.19. The molecule has 0 saturated carbocycles. The molecule has 0 amide bonds. The van der Waals surface area contributed by atoms with Gasteiger partial charge in [-0.25, -0.2) is 0 Å².